The average molecular weight is 373 g/mol. The summed E-state index contributed by atoms with van der Waals surface area (Å²) < 4.78 is 11.6. The highest BCUT2D eigenvalue weighted by Crippen LogP contribution is 2.31. The van der Waals surface area contributed by atoms with Crippen molar-refractivity contribution >= 4 is 17.2 Å². The quantitative estimate of drug-likeness (QED) is 0.827. The van der Waals surface area contributed by atoms with Gasteiger partial charge in [0.25, 0.3) is 5.91 Å². The van der Waals surface area contributed by atoms with Gasteiger partial charge in [0, 0.05) is 38.1 Å². The number of amides is 1. The number of benzene rings is 1. The Morgan fingerprint density at radius 3 is 2.88 bits per heavy atom. The number of aryl methyl sites for hydroxylation is 1. The monoisotopic (exact) mass is 373 g/mol. The number of para-hydroxylation sites is 2. The summed E-state index contributed by atoms with van der Waals surface area (Å²) >= 11 is 1.68. The minimum atomic E-state index is -0.558. The van der Waals surface area contributed by atoms with E-state index in [2.05, 4.69) is 15.3 Å². The first-order valence-corrected chi connectivity index (χ1v) is 9.87. The predicted octanol–water partition coefficient (Wildman–Crippen LogP) is 2.33. The molecule has 2 aromatic rings. The molecule has 26 heavy (non-hydrogen) atoms. The van der Waals surface area contributed by atoms with Crippen molar-refractivity contribution in [3.63, 3.8) is 0 Å². The van der Waals surface area contributed by atoms with Crippen molar-refractivity contribution in [2.24, 2.45) is 0 Å². The minimum Gasteiger partial charge on any atom is -0.485 e. The van der Waals surface area contributed by atoms with Gasteiger partial charge in [0.1, 0.15) is 6.61 Å². The first-order chi connectivity index (χ1) is 12.7. The van der Waals surface area contributed by atoms with Crippen LogP contribution in [0.25, 0.3) is 0 Å². The zero-order valence-electron chi connectivity index (χ0n) is 14.9. The van der Waals surface area contributed by atoms with E-state index >= 15 is 0 Å². The summed E-state index contributed by atoms with van der Waals surface area (Å²) in [5, 5.41) is 3.22. The fraction of sp³-hybridized carbons (Fsp3) is 0.474. The summed E-state index contributed by atoms with van der Waals surface area (Å²) in [5.41, 5.74) is 1.12. The van der Waals surface area contributed by atoms with E-state index in [1.165, 1.54) is 0 Å². The van der Waals surface area contributed by atoms with E-state index in [4.69, 9.17) is 9.47 Å². The van der Waals surface area contributed by atoms with Crippen molar-refractivity contribution < 1.29 is 14.3 Å². The third kappa shape index (κ3) is 3.83. The van der Waals surface area contributed by atoms with Crippen LogP contribution in [0.3, 0.4) is 0 Å². The summed E-state index contributed by atoms with van der Waals surface area (Å²) in [6, 6.07) is 7.49. The first kappa shape index (κ1) is 17.3. The summed E-state index contributed by atoms with van der Waals surface area (Å²) in [6.07, 6.45) is 0.400. The van der Waals surface area contributed by atoms with Crippen molar-refractivity contribution in [2.75, 3.05) is 32.8 Å². The molecular weight excluding hydrogens is 350 g/mol. The van der Waals surface area contributed by atoms with Crippen LogP contribution in [0.4, 0.5) is 0 Å². The van der Waals surface area contributed by atoms with E-state index in [-0.39, 0.29) is 12.5 Å². The Hall–Kier alpha value is -2.12. The fourth-order valence-electron chi connectivity index (χ4n) is 3.40. The van der Waals surface area contributed by atoms with Crippen LogP contribution in [-0.2, 0) is 11.3 Å². The molecule has 0 N–H and O–H groups in total. The zero-order valence-corrected chi connectivity index (χ0v) is 15.7. The molecule has 1 aromatic heterocycles. The fourth-order valence-corrected chi connectivity index (χ4v) is 4.01. The molecule has 1 fully saturated rings. The summed E-state index contributed by atoms with van der Waals surface area (Å²) in [5.74, 6) is 1.37. The van der Waals surface area contributed by atoms with Crippen LogP contribution in [0.5, 0.6) is 11.5 Å². The maximum atomic E-state index is 12.9. The van der Waals surface area contributed by atoms with E-state index in [0.717, 1.165) is 43.3 Å². The molecule has 7 heteroatoms. The molecule has 1 atom stereocenters. The Kier molecular flexibility index (Phi) is 5.08. The van der Waals surface area contributed by atoms with Gasteiger partial charge in [0.2, 0.25) is 6.10 Å². The minimum absolute atomic E-state index is 0.0193. The molecule has 0 bridgehead atoms. The lowest BCUT2D eigenvalue weighted by atomic mass is 10.2. The Morgan fingerprint density at radius 2 is 2.08 bits per heavy atom. The maximum absolute atomic E-state index is 12.9. The molecule has 0 spiro atoms. The van der Waals surface area contributed by atoms with Gasteiger partial charge >= 0.3 is 0 Å². The highest BCUT2D eigenvalue weighted by atomic mass is 32.1. The molecule has 1 saturated heterocycles. The molecule has 1 unspecified atom stereocenters. The van der Waals surface area contributed by atoms with Gasteiger partial charge in [0.15, 0.2) is 11.5 Å². The first-order valence-electron chi connectivity index (χ1n) is 9.00. The molecular formula is C19H23N3O3S. The second-order valence-electron chi connectivity index (χ2n) is 6.68. The van der Waals surface area contributed by atoms with E-state index in [1.54, 1.807) is 11.3 Å². The van der Waals surface area contributed by atoms with Gasteiger partial charge in [0.05, 0.1) is 10.7 Å². The van der Waals surface area contributed by atoms with Gasteiger partial charge in [-0.3, -0.25) is 9.69 Å². The molecule has 0 radical (unpaired) electrons. The molecule has 2 aliphatic rings. The SMILES string of the molecule is Cc1nc(CN2CCCN(C(=O)C3COc4ccccc4O3)CC2)cs1. The lowest BCUT2D eigenvalue weighted by Gasteiger charge is -2.30. The van der Waals surface area contributed by atoms with Crippen molar-refractivity contribution in [1.29, 1.82) is 0 Å². The number of thiazole rings is 1. The van der Waals surface area contributed by atoms with Gasteiger partial charge in [-0.2, -0.15) is 0 Å². The molecule has 6 nitrogen and oxygen atoms in total. The van der Waals surface area contributed by atoms with Crippen molar-refractivity contribution in [1.82, 2.24) is 14.8 Å². The molecule has 1 aromatic carbocycles. The van der Waals surface area contributed by atoms with Crippen LogP contribution >= 0.6 is 11.3 Å². The topological polar surface area (TPSA) is 54.9 Å². The van der Waals surface area contributed by atoms with Gasteiger partial charge < -0.3 is 14.4 Å². The number of hydrogen-bond donors (Lipinski definition) is 0. The van der Waals surface area contributed by atoms with Crippen LogP contribution in [-0.4, -0.2) is 59.6 Å². The highest BCUT2D eigenvalue weighted by molar-refractivity contribution is 7.09. The second kappa shape index (κ2) is 7.63. The van der Waals surface area contributed by atoms with Crippen LogP contribution in [0.1, 0.15) is 17.1 Å². The van der Waals surface area contributed by atoms with Crippen LogP contribution in [0.15, 0.2) is 29.6 Å². The number of aromatic nitrogens is 1. The van der Waals surface area contributed by atoms with Crippen molar-refractivity contribution in [3.8, 4) is 11.5 Å². The van der Waals surface area contributed by atoms with E-state index in [1.807, 2.05) is 36.1 Å². The van der Waals surface area contributed by atoms with Crippen molar-refractivity contribution in [2.45, 2.75) is 26.0 Å². The number of carbonyl (C=O) groups is 1. The lowest BCUT2D eigenvalue weighted by Crippen LogP contribution is -2.47. The molecule has 1 amide bonds. The Balaban J connectivity index is 1.34. The molecule has 3 heterocycles. The Bertz CT molecular complexity index is 779. The number of carbonyl (C=O) groups excluding carboxylic acids is 1. The van der Waals surface area contributed by atoms with Crippen molar-refractivity contribution in [3.05, 3.63) is 40.3 Å². The smallest absolute Gasteiger partial charge is 0.267 e. The van der Waals surface area contributed by atoms with E-state index < -0.39 is 6.10 Å². The van der Waals surface area contributed by atoms with E-state index in [0.29, 0.717) is 18.0 Å². The molecule has 4 rings (SSSR count). The Labute approximate surface area is 157 Å². The summed E-state index contributed by atoms with van der Waals surface area (Å²) in [6.45, 7) is 6.45. The predicted molar refractivity (Wildman–Crippen MR) is 99.7 cm³/mol. The van der Waals surface area contributed by atoms with Crippen LogP contribution < -0.4 is 9.47 Å². The maximum Gasteiger partial charge on any atom is 0.267 e. The average Bonchev–Trinajstić information content (AvgIpc) is 2.93. The molecule has 0 saturated carbocycles. The number of nitrogens with zero attached hydrogens (tertiary/aromatic N) is 3. The van der Waals surface area contributed by atoms with E-state index in [9.17, 15) is 4.79 Å². The molecule has 138 valence electrons. The highest BCUT2D eigenvalue weighted by Gasteiger charge is 2.31. The van der Waals surface area contributed by atoms with Gasteiger partial charge in [-0.1, -0.05) is 12.1 Å². The standard InChI is InChI=1S/C19H23N3O3S/c1-14-20-15(13-26-14)11-21-7-4-8-22(10-9-21)19(23)18-12-24-16-5-2-3-6-17(16)25-18/h2-3,5-6,13,18H,4,7-12H2,1H3. The third-order valence-corrected chi connectivity index (χ3v) is 5.56. The van der Waals surface area contributed by atoms with Crippen LogP contribution in [0.2, 0.25) is 0 Å². The number of hydrogen-bond acceptors (Lipinski definition) is 6. The van der Waals surface area contributed by atoms with Gasteiger partial charge in [-0.25, -0.2) is 4.98 Å². The normalized spacial score (nSPS) is 20.7. The Morgan fingerprint density at radius 1 is 1.23 bits per heavy atom. The second-order valence-corrected chi connectivity index (χ2v) is 7.74. The molecule has 0 aliphatic carbocycles. The number of fused-ring (bicyclic) bond motifs is 1. The zero-order chi connectivity index (χ0) is 17.9. The number of ether oxygens (including phenoxy) is 2. The third-order valence-electron chi connectivity index (χ3n) is 4.74. The largest absolute Gasteiger partial charge is 0.485 e. The number of rotatable bonds is 3. The molecule has 2 aliphatic heterocycles. The van der Waals surface area contributed by atoms with Gasteiger partial charge in [-0.05, 0) is 25.5 Å². The summed E-state index contributed by atoms with van der Waals surface area (Å²) in [7, 11) is 0. The van der Waals surface area contributed by atoms with Crippen LogP contribution in [0, 0.1) is 6.92 Å². The summed E-state index contributed by atoms with van der Waals surface area (Å²) in [4.78, 5) is 21.7. The van der Waals surface area contributed by atoms with Gasteiger partial charge in [-0.15, -0.1) is 11.3 Å². The lowest BCUT2D eigenvalue weighted by molar-refractivity contribution is -0.141.